The average Bonchev–Trinajstić information content (AvgIpc) is 2.78. The van der Waals surface area contributed by atoms with Crippen LogP contribution in [0, 0.1) is 11.7 Å². The van der Waals surface area contributed by atoms with Crippen molar-refractivity contribution >= 4 is 17.7 Å². The summed E-state index contributed by atoms with van der Waals surface area (Å²) in [7, 11) is 0. The molecule has 0 fully saturated rings. The van der Waals surface area contributed by atoms with E-state index in [9.17, 15) is 14.0 Å². The average molecular weight is 452 g/mol. The quantitative estimate of drug-likeness (QED) is 0.440. The van der Waals surface area contributed by atoms with E-state index in [0.717, 1.165) is 12.6 Å². The number of benzene rings is 2. The second-order valence-corrected chi connectivity index (χ2v) is 7.80. The van der Waals surface area contributed by atoms with Crippen molar-refractivity contribution < 1.29 is 28.6 Å². The molecule has 0 bridgehead atoms. The Hall–Kier alpha value is -3.94. The minimum atomic E-state index is -1.11. The minimum absolute atomic E-state index is 0.0125. The van der Waals surface area contributed by atoms with E-state index in [1.807, 2.05) is 0 Å². The third-order valence-electron chi connectivity index (χ3n) is 4.69. The standard InChI is InChI=1S/C25H25FN2O5/c1-16(2)10-11-32-22-8-7-20(33-15-17-4-3-5-19(26)12-17)13-21(22)24(29)28-23-9-6-18(14-27-23)25(30)31/h3-9,12-14,16H,10-11,15H2,1-2H3,(H,30,31)(H,27,28,29). The van der Waals surface area contributed by atoms with E-state index in [-0.39, 0.29) is 29.4 Å². The summed E-state index contributed by atoms with van der Waals surface area (Å²) < 4.78 is 25.0. The SMILES string of the molecule is CC(C)CCOc1ccc(OCc2cccc(F)c2)cc1C(=O)Nc1ccc(C(=O)O)cn1. The van der Waals surface area contributed by atoms with E-state index in [2.05, 4.69) is 24.1 Å². The number of carbonyl (C=O) groups is 2. The van der Waals surface area contributed by atoms with Gasteiger partial charge >= 0.3 is 5.97 Å². The van der Waals surface area contributed by atoms with Crippen LogP contribution in [-0.2, 0) is 6.61 Å². The van der Waals surface area contributed by atoms with Crippen LogP contribution >= 0.6 is 0 Å². The molecule has 0 aliphatic heterocycles. The first kappa shape index (κ1) is 23.7. The molecule has 0 unspecified atom stereocenters. The highest BCUT2D eigenvalue weighted by molar-refractivity contribution is 6.06. The van der Waals surface area contributed by atoms with Gasteiger partial charge in [0.1, 0.15) is 29.7 Å². The van der Waals surface area contributed by atoms with Crippen molar-refractivity contribution in [3.8, 4) is 11.5 Å². The Labute approximate surface area is 191 Å². The van der Waals surface area contributed by atoms with Gasteiger partial charge in [0.25, 0.3) is 5.91 Å². The lowest BCUT2D eigenvalue weighted by Gasteiger charge is -2.15. The fourth-order valence-corrected chi connectivity index (χ4v) is 2.88. The van der Waals surface area contributed by atoms with Gasteiger partial charge in [-0.1, -0.05) is 26.0 Å². The first-order chi connectivity index (χ1) is 15.8. The van der Waals surface area contributed by atoms with Crippen molar-refractivity contribution in [2.75, 3.05) is 11.9 Å². The predicted molar refractivity (Wildman–Crippen MR) is 121 cm³/mol. The molecule has 0 radical (unpaired) electrons. The van der Waals surface area contributed by atoms with E-state index in [1.54, 1.807) is 30.3 Å². The number of aromatic carboxylic acids is 1. The number of carbonyl (C=O) groups excluding carboxylic acids is 1. The van der Waals surface area contributed by atoms with Crippen molar-refractivity contribution in [1.29, 1.82) is 0 Å². The number of ether oxygens (including phenoxy) is 2. The summed E-state index contributed by atoms with van der Waals surface area (Å²) >= 11 is 0. The lowest BCUT2D eigenvalue weighted by Crippen LogP contribution is -2.15. The molecular formula is C25H25FN2O5. The van der Waals surface area contributed by atoms with Crippen LogP contribution in [0.3, 0.4) is 0 Å². The monoisotopic (exact) mass is 452 g/mol. The molecule has 0 aliphatic rings. The summed E-state index contributed by atoms with van der Waals surface area (Å²) in [6.45, 7) is 4.72. The van der Waals surface area contributed by atoms with E-state index in [4.69, 9.17) is 14.6 Å². The van der Waals surface area contributed by atoms with Gasteiger partial charge in [-0.3, -0.25) is 4.79 Å². The van der Waals surface area contributed by atoms with Gasteiger partial charge in [0.2, 0.25) is 0 Å². The van der Waals surface area contributed by atoms with Crippen LogP contribution in [0.2, 0.25) is 0 Å². The smallest absolute Gasteiger partial charge is 0.337 e. The van der Waals surface area contributed by atoms with Crippen LogP contribution in [-0.4, -0.2) is 28.6 Å². The zero-order chi connectivity index (χ0) is 23.8. The van der Waals surface area contributed by atoms with Gasteiger partial charge in [-0.2, -0.15) is 0 Å². The third-order valence-corrected chi connectivity index (χ3v) is 4.69. The van der Waals surface area contributed by atoms with Crippen molar-refractivity contribution in [2.24, 2.45) is 5.92 Å². The van der Waals surface area contributed by atoms with Crippen LogP contribution in [0.25, 0.3) is 0 Å². The fourth-order valence-electron chi connectivity index (χ4n) is 2.88. The van der Waals surface area contributed by atoms with E-state index < -0.39 is 11.9 Å². The Morgan fingerprint density at radius 2 is 1.91 bits per heavy atom. The van der Waals surface area contributed by atoms with Gasteiger partial charge < -0.3 is 19.9 Å². The summed E-state index contributed by atoms with van der Waals surface area (Å²) in [4.78, 5) is 27.9. The topological polar surface area (TPSA) is 97.8 Å². The first-order valence-electron chi connectivity index (χ1n) is 10.5. The maximum Gasteiger partial charge on any atom is 0.337 e. The predicted octanol–water partition coefficient (Wildman–Crippen LogP) is 5.18. The van der Waals surface area contributed by atoms with Gasteiger partial charge in [-0.05, 0) is 60.4 Å². The molecule has 2 aromatic carbocycles. The summed E-state index contributed by atoms with van der Waals surface area (Å²) in [6.07, 6.45) is 1.98. The van der Waals surface area contributed by atoms with Crippen molar-refractivity contribution in [3.05, 3.63) is 83.3 Å². The second kappa shape index (κ2) is 11.1. The van der Waals surface area contributed by atoms with Gasteiger partial charge in [-0.15, -0.1) is 0 Å². The molecule has 2 N–H and O–H groups in total. The summed E-state index contributed by atoms with van der Waals surface area (Å²) in [5.74, 6) is -0.516. The van der Waals surface area contributed by atoms with E-state index >= 15 is 0 Å². The lowest BCUT2D eigenvalue weighted by molar-refractivity contribution is 0.0696. The van der Waals surface area contributed by atoms with Crippen LogP contribution < -0.4 is 14.8 Å². The molecule has 0 spiro atoms. The molecule has 1 heterocycles. The molecule has 172 valence electrons. The minimum Gasteiger partial charge on any atom is -0.493 e. The van der Waals surface area contributed by atoms with Crippen molar-refractivity contribution in [2.45, 2.75) is 26.9 Å². The Morgan fingerprint density at radius 1 is 1.09 bits per heavy atom. The number of carboxylic acid groups (broad SMARTS) is 1. The maximum atomic E-state index is 13.4. The number of rotatable bonds is 10. The number of hydrogen-bond donors (Lipinski definition) is 2. The van der Waals surface area contributed by atoms with Crippen LogP contribution in [0.4, 0.5) is 10.2 Å². The molecule has 0 saturated heterocycles. The number of halogens is 1. The zero-order valence-electron chi connectivity index (χ0n) is 18.4. The number of pyridine rings is 1. The van der Waals surface area contributed by atoms with Gasteiger partial charge in [0.15, 0.2) is 0 Å². The van der Waals surface area contributed by atoms with Gasteiger partial charge in [0, 0.05) is 6.20 Å². The largest absolute Gasteiger partial charge is 0.493 e. The normalized spacial score (nSPS) is 10.7. The Kier molecular flexibility index (Phi) is 7.96. The third kappa shape index (κ3) is 7.03. The first-order valence-corrected chi connectivity index (χ1v) is 10.5. The van der Waals surface area contributed by atoms with Crippen LogP contribution in [0.1, 0.15) is 46.5 Å². The number of anilines is 1. The van der Waals surface area contributed by atoms with Crippen LogP contribution in [0.5, 0.6) is 11.5 Å². The summed E-state index contributed by atoms with van der Waals surface area (Å²) in [6, 6.07) is 13.7. The molecule has 3 rings (SSSR count). The number of nitrogens with zero attached hydrogens (tertiary/aromatic N) is 1. The molecule has 1 amide bonds. The van der Waals surface area contributed by atoms with E-state index in [0.29, 0.717) is 29.6 Å². The fraction of sp³-hybridized carbons (Fsp3) is 0.240. The molecule has 1 aromatic heterocycles. The highest BCUT2D eigenvalue weighted by atomic mass is 19.1. The summed E-state index contributed by atoms with van der Waals surface area (Å²) in [5.41, 5.74) is 0.902. The molecule has 0 aliphatic carbocycles. The maximum absolute atomic E-state index is 13.4. The van der Waals surface area contributed by atoms with Gasteiger partial charge in [-0.25, -0.2) is 14.2 Å². The second-order valence-electron chi connectivity index (χ2n) is 7.80. The molecule has 7 nitrogen and oxygen atoms in total. The molecule has 0 saturated carbocycles. The number of carboxylic acids is 1. The number of amides is 1. The molecular weight excluding hydrogens is 427 g/mol. The van der Waals surface area contributed by atoms with Crippen LogP contribution in [0.15, 0.2) is 60.8 Å². The van der Waals surface area contributed by atoms with Gasteiger partial charge in [0.05, 0.1) is 17.7 Å². The molecule has 0 atom stereocenters. The van der Waals surface area contributed by atoms with Crippen molar-refractivity contribution in [1.82, 2.24) is 4.98 Å². The zero-order valence-corrected chi connectivity index (χ0v) is 18.4. The highest BCUT2D eigenvalue weighted by Crippen LogP contribution is 2.26. The molecule has 33 heavy (non-hydrogen) atoms. The number of hydrogen-bond acceptors (Lipinski definition) is 5. The Balaban J connectivity index is 1.78. The summed E-state index contributed by atoms with van der Waals surface area (Å²) in [5, 5.41) is 11.6. The highest BCUT2D eigenvalue weighted by Gasteiger charge is 2.16. The number of nitrogens with one attached hydrogen (secondary N) is 1. The lowest BCUT2D eigenvalue weighted by atomic mass is 10.1. The van der Waals surface area contributed by atoms with E-state index in [1.165, 1.54) is 24.3 Å². The molecule has 3 aromatic rings. The Bertz CT molecular complexity index is 1120. The molecule has 8 heteroatoms. The number of aromatic nitrogens is 1. The van der Waals surface area contributed by atoms with Crippen molar-refractivity contribution in [3.63, 3.8) is 0 Å². The Morgan fingerprint density at radius 3 is 2.58 bits per heavy atom.